The van der Waals surface area contributed by atoms with E-state index in [9.17, 15) is 0 Å². The van der Waals surface area contributed by atoms with Crippen LogP contribution < -0.4 is 5.73 Å². The van der Waals surface area contributed by atoms with E-state index in [4.69, 9.17) is 11.1 Å². The second-order valence-corrected chi connectivity index (χ2v) is 5.13. The molecule has 116 valence electrons. The average molecular weight is 291 g/mol. The van der Waals surface area contributed by atoms with Gasteiger partial charge in [-0.05, 0) is 27.1 Å². The van der Waals surface area contributed by atoms with Gasteiger partial charge >= 0.3 is 0 Å². The highest BCUT2D eigenvalue weighted by atomic mass is 15.2. The summed E-state index contributed by atoms with van der Waals surface area (Å²) in [5, 5.41) is 14.9. The summed E-state index contributed by atoms with van der Waals surface area (Å²) >= 11 is 0. The first kappa shape index (κ1) is 16.9. The standard InChI is InChI=1S/C14H25N7/c1-5-6-11-9-14(19-18-11)17-12(15)10-13(16)21(4)8-7-20(2)3/h5-6,9,16H,7-8,10H2,1-4H3,(H3,15,17,18,19)/b6-5+,16-13?. The van der Waals surface area contributed by atoms with Crippen LogP contribution in [0.1, 0.15) is 19.0 Å². The molecule has 0 spiro atoms. The lowest BCUT2D eigenvalue weighted by atomic mass is 10.3. The molecule has 1 rings (SSSR count). The predicted molar refractivity (Wildman–Crippen MR) is 88.1 cm³/mol. The van der Waals surface area contributed by atoms with E-state index < -0.39 is 0 Å². The molecule has 0 atom stereocenters. The normalized spacial score (nSPS) is 12.3. The number of nitrogens with one attached hydrogen (secondary N) is 2. The maximum atomic E-state index is 8.01. The van der Waals surface area contributed by atoms with Crippen LogP contribution in [0.5, 0.6) is 0 Å². The molecule has 0 aliphatic heterocycles. The van der Waals surface area contributed by atoms with E-state index in [1.807, 2.05) is 51.2 Å². The highest BCUT2D eigenvalue weighted by molar-refractivity contribution is 6.01. The van der Waals surface area contributed by atoms with E-state index in [-0.39, 0.29) is 0 Å². The van der Waals surface area contributed by atoms with E-state index in [2.05, 4.69) is 20.1 Å². The average Bonchev–Trinajstić information content (AvgIpc) is 2.83. The van der Waals surface area contributed by atoms with Crippen LogP contribution in [0.25, 0.3) is 6.08 Å². The lowest BCUT2D eigenvalue weighted by molar-refractivity contribution is 0.354. The van der Waals surface area contributed by atoms with E-state index in [0.717, 1.165) is 18.8 Å². The molecule has 1 aromatic heterocycles. The smallest absolute Gasteiger partial charge is 0.175 e. The van der Waals surface area contributed by atoms with E-state index in [1.54, 1.807) is 0 Å². The van der Waals surface area contributed by atoms with E-state index >= 15 is 0 Å². The lowest BCUT2D eigenvalue weighted by Gasteiger charge is -2.21. The quantitative estimate of drug-likeness (QED) is 0.521. The molecule has 21 heavy (non-hydrogen) atoms. The first-order valence-electron chi connectivity index (χ1n) is 6.86. The summed E-state index contributed by atoms with van der Waals surface area (Å²) in [5.41, 5.74) is 6.76. The Morgan fingerprint density at radius 3 is 2.76 bits per heavy atom. The van der Waals surface area contributed by atoms with Gasteiger partial charge in [0, 0.05) is 26.2 Å². The van der Waals surface area contributed by atoms with Crippen molar-refractivity contribution in [1.82, 2.24) is 20.0 Å². The molecule has 0 aliphatic rings. The molecule has 0 fully saturated rings. The molecule has 7 heteroatoms. The summed E-state index contributed by atoms with van der Waals surface area (Å²) < 4.78 is 0. The van der Waals surface area contributed by atoms with Gasteiger partial charge in [0.15, 0.2) is 5.82 Å². The number of hydrogen-bond donors (Lipinski definition) is 3. The third kappa shape index (κ3) is 6.22. The minimum absolute atomic E-state index is 0.315. The number of aromatic amines is 1. The number of allylic oxidation sites excluding steroid dienone is 1. The van der Waals surface area contributed by atoms with E-state index in [0.29, 0.717) is 23.9 Å². The Balaban J connectivity index is 2.56. The van der Waals surface area contributed by atoms with Gasteiger partial charge < -0.3 is 15.5 Å². The molecule has 0 aromatic carbocycles. The number of H-pyrrole nitrogens is 1. The van der Waals surface area contributed by atoms with Crippen molar-refractivity contribution in [3.8, 4) is 0 Å². The number of rotatable bonds is 7. The second kappa shape index (κ2) is 8.21. The first-order chi connectivity index (χ1) is 9.92. The van der Waals surface area contributed by atoms with Gasteiger partial charge in [-0.3, -0.25) is 10.5 Å². The molecule has 7 nitrogen and oxygen atoms in total. The summed E-state index contributed by atoms with van der Waals surface area (Å²) in [6.07, 6.45) is 4.13. The summed E-state index contributed by atoms with van der Waals surface area (Å²) in [4.78, 5) is 8.17. The summed E-state index contributed by atoms with van der Waals surface area (Å²) in [6.45, 7) is 3.61. The van der Waals surface area contributed by atoms with Gasteiger partial charge in [0.05, 0.1) is 12.1 Å². The van der Waals surface area contributed by atoms with Gasteiger partial charge in [-0.25, -0.2) is 4.99 Å². The highest BCUT2D eigenvalue weighted by Gasteiger charge is 2.07. The number of aromatic nitrogens is 2. The van der Waals surface area contributed by atoms with Crippen molar-refractivity contribution in [1.29, 1.82) is 5.41 Å². The molecule has 0 amide bonds. The predicted octanol–water partition coefficient (Wildman–Crippen LogP) is 1.29. The minimum atomic E-state index is 0.315. The minimum Gasteiger partial charge on any atom is -0.387 e. The van der Waals surface area contributed by atoms with Gasteiger partial charge in [0.2, 0.25) is 0 Å². The maximum Gasteiger partial charge on any atom is 0.175 e. The van der Waals surface area contributed by atoms with Gasteiger partial charge in [-0.2, -0.15) is 5.10 Å². The number of aliphatic imine (C=N–C) groups is 1. The van der Waals surface area contributed by atoms with Crippen molar-refractivity contribution < 1.29 is 0 Å². The lowest BCUT2D eigenvalue weighted by Crippen LogP contribution is -2.35. The Kier molecular flexibility index (Phi) is 6.61. The van der Waals surface area contributed by atoms with Crippen molar-refractivity contribution in [2.45, 2.75) is 13.3 Å². The highest BCUT2D eigenvalue weighted by Crippen LogP contribution is 2.11. The molecular weight excluding hydrogens is 266 g/mol. The third-order valence-corrected chi connectivity index (χ3v) is 2.88. The summed E-state index contributed by atoms with van der Waals surface area (Å²) in [6, 6.07) is 1.81. The number of nitrogens with two attached hydrogens (primary N) is 1. The van der Waals surface area contributed by atoms with Crippen molar-refractivity contribution in [2.75, 3.05) is 34.2 Å². The zero-order chi connectivity index (χ0) is 15.8. The van der Waals surface area contributed by atoms with Gasteiger partial charge in [0.1, 0.15) is 11.7 Å². The Morgan fingerprint density at radius 1 is 1.43 bits per heavy atom. The molecule has 1 aromatic rings. The van der Waals surface area contributed by atoms with Crippen molar-refractivity contribution in [3.05, 3.63) is 17.8 Å². The van der Waals surface area contributed by atoms with Crippen molar-refractivity contribution >= 4 is 23.6 Å². The van der Waals surface area contributed by atoms with Gasteiger partial charge in [-0.1, -0.05) is 6.08 Å². The van der Waals surface area contributed by atoms with Crippen molar-refractivity contribution in [3.63, 3.8) is 0 Å². The number of nitrogens with zero attached hydrogens (tertiary/aromatic N) is 4. The molecule has 1 heterocycles. The zero-order valence-corrected chi connectivity index (χ0v) is 13.2. The molecule has 0 unspecified atom stereocenters. The zero-order valence-electron chi connectivity index (χ0n) is 13.2. The number of likely N-dealkylation sites (N-methyl/N-ethyl adjacent to an activating group) is 2. The van der Waals surface area contributed by atoms with Crippen LogP contribution in [0.4, 0.5) is 5.82 Å². The molecule has 0 saturated heterocycles. The van der Waals surface area contributed by atoms with Crippen molar-refractivity contribution in [2.24, 2.45) is 10.7 Å². The van der Waals surface area contributed by atoms with Crippen LogP contribution >= 0.6 is 0 Å². The van der Waals surface area contributed by atoms with Gasteiger partial charge in [-0.15, -0.1) is 0 Å². The Morgan fingerprint density at radius 2 is 2.14 bits per heavy atom. The molecule has 0 saturated carbocycles. The Labute approximate surface area is 126 Å². The van der Waals surface area contributed by atoms with Gasteiger partial charge in [0.25, 0.3) is 0 Å². The fourth-order valence-corrected chi connectivity index (χ4v) is 1.63. The van der Waals surface area contributed by atoms with Crippen LogP contribution in [0.15, 0.2) is 17.1 Å². The monoisotopic (exact) mass is 291 g/mol. The first-order valence-corrected chi connectivity index (χ1v) is 6.86. The topological polar surface area (TPSA) is 97.4 Å². The van der Waals surface area contributed by atoms with Crippen LogP contribution in [0, 0.1) is 5.41 Å². The Bertz CT molecular complexity index is 513. The SMILES string of the molecule is C/C=C/c1cc(N=C(N)CC(=N)N(C)CCN(C)C)n[nH]1. The maximum absolute atomic E-state index is 8.01. The van der Waals surface area contributed by atoms with Crippen LogP contribution in [-0.4, -0.2) is 65.9 Å². The van der Waals surface area contributed by atoms with Crippen LogP contribution in [0.2, 0.25) is 0 Å². The largest absolute Gasteiger partial charge is 0.387 e. The number of hydrogen-bond acceptors (Lipinski definition) is 4. The molecular formula is C14H25N7. The fourth-order valence-electron chi connectivity index (χ4n) is 1.63. The number of amidine groups is 2. The molecule has 0 bridgehead atoms. The van der Waals surface area contributed by atoms with Crippen LogP contribution in [-0.2, 0) is 0 Å². The summed E-state index contributed by atoms with van der Waals surface area (Å²) in [7, 11) is 5.90. The Hall–Kier alpha value is -2.15. The second-order valence-electron chi connectivity index (χ2n) is 5.13. The molecule has 0 aliphatic carbocycles. The van der Waals surface area contributed by atoms with Crippen LogP contribution in [0.3, 0.4) is 0 Å². The molecule has 0 radical (unpaired) electrons. The van der Waals surface area contributed by atoms with E-state index in [1.165, 1.54) is 0 Å². The fraction of sp³-hybridized carbons (Fsp3) is 0.500. The third-order valence-electron chi connectivity index (χ3n) is 2.88. The molecule has 4 N–H and O–H groups in total. The summed E-state index contributed by atoms with van der Waals surface area (Å²) in [5.74, 6) is 1.36.